The first-order valence-electron chi connectivity index (χ1n) is 13.1. The minimum Gasteiger partial charge on any atom is -0.476 e. The summed E-state index contributed by atoms with van der Waals surface area (Å²) >= 11 is 1.11. The lowest BCUT2D eigenvalue weighted by Crippen LogP contribution is -2.14. The van der Waals surface area contributed by atoms with Crippen molar-refractivity contribution in [1.29, 1.82) is 0 Å². The molecule has 5 aromatic rings. The van der Waals surface area contributed by atoms with Crippen molar-refractivity contribution in [3.05, 3.63) is 106 Å². The van der Waals surface area contributed by atoms with Gasteiger partial charge in [-0.1, -0.05) is 24.3 Å². The van der Waals surface area contributed by atoms with Crippen LogP contribution in [-0.2, 0) is 22.9 Å². The second kappa shape index (κ2) is 11.1. The summed E-state index contributed by atoms with van der Waals surface area (Å²) in [6, 6.07) is 13.9. The molecular weight excluding hydrogens is 601 g/mol. The van der Waals surface area contributed by atoms with Gasteiger partial charge in [-0.05, 0) is 72.2 Å². The molecule has 0 atom stereocenters. The molecule has 2 aromatic heterocycles. The van der Waals surface area contributed by atoms with Crippen molar-refractivity contribution >= 4 is 27.3 Å². The maximum Gasteiger partial charge on any atom is 0.355 e. The highest BCUT2D eigenvalue weighted by Gasteiger charge is 2.29. The Balaban J connectivity index is 1.53. The average Bonchev–Trinajstić information content (AvgIpc) is 3.49. The Morgan fingerprint density at radius 2 is 1.72 bits per heavy atom. The number of carboxylic acid groups (broad SMARTS) is 1. The number of halogens is 3. The van der Waals surface area contributed by atoms with Gasteiger partial charge in [0.15, 0.2) is 5.69 Å². The lowest BCUT2D eigenvalue weighted by Gasteiger charge is -2.10. The van der Waals surface area contributed by atoms with Crippen molar-refractivity contribution in [3.8, 4) is 27.5 Å². The Labute approximate surface area is 248 Å². The molecule has 0 amide bonds. The summed E-state index contributed by atoms with van der Waals surface area (Å²) in [7, 11) is -4.26. The van der Waals surface area contributed by atoms with Gasteiger partial charge in [0.2, 0.25) is 15.2 Å². The van der Waals surface area contributed by atoms with Gasteiger partial charge < -0.3 is 5.11 Å². The lowest BCUT2D eigenvalue weighted by molar-refractivity contribution is 0.0691. The molecule has 0 unspecified atom stereocenters. The maximum absolute atomic E-state index is 14.8. The molecule has 0 radical (unpaired) electrons. The van der Waals surface area contributed by atoms with Crippen LogP contribution in [0, 0.1) is 23.4 Å². The van der Waals surface area contributed by atoms with Crippen LogP contribution in [0.4, 0.5) is 13.2 Å². The third kappa shape index (κ3) is 6.10. The highest BCUT2D eigenvalue weighted by molar-refractivity contribution is 7.89. The first-order chi connectivity index (χ1) is 20.5. The van der Waals surface area contributed by atoms with E-state index < -0.39 is 38.3 Å². The second-order valence-electron chi connectivity index (χ2n) is 10.4. The van der Waals surface area contributed by atoms with Crippen LogP contribution < -0.4 is 5.14 Å². The standard InChI is InChI=1S/C30H23F3N4O4S2/c31-21-12-20(13-22(32)14-21)18-2-1-3-19(11-18)28-23(8-17-6-7-27(24(33)9-17)43(34,40)41)26(10-16-4-5-16)37(36-28)30-35-25(15-42-30)29(38)39/h1-3,6-7,9,11-16H,4-5,8,10H2,(H,38,39)(H2,34,40,41). The summed E-state index contributed by atoms with van der Waals surface area (Å²) in [5.74, 6) is -3.25. The van der Waals surface area contributed by atoms with Gasteiger partial charge in [-0.3, -0.25) is 0 Å². The number of carbonyl (C=O) groups is 1. The van der Waals surface area contributed by atoms with Gasteiger partial charge in [0.05, 0.1) is 11.4 Å². The lowest BCUT2D eigenvalue weighted by atomic mass is 9.95. The van der Waals surface area contributed by atoms with Crippen LogP contribution in [-0.4, -0.2) is 34.3 Å². The molecular formula is C30H23F3N4O4S2. The number of rotatable bonds is 9. The number of aromatic carboxylic acids is 1. The first kappa shape index (κ1) is 28.8. The van der Waals surface area contributed by atoms with Crippen molar-refractivity contribution in [1.82, 2.24) is 14.8 Å². The summed E-state index contributed by atoms with van der Waals surface area (Å²) in [6.45, 7) is 0. The maximum atomic E-state index is 14.8. The fraction of sp³-hybridized carbons (Fsp3) is 0.167. The Bertz CT molecular complexity index is 1980. The van der Waals surface area contributed by atoms with Gasteiger partial charge in [-0.2, -0.15) is 5.10 Å². The van der Waals surface area contributed by atoms with Crippen molar-refractivity contribution < 1.29 is 31.5 Å². The highest BCUT2D eigenvalue weighted by atomic mass is 32.2. The van der Waals surface area contributed by atoms with Crippen LogP contribution in [0.25, 0.3) is 27.5 Å². The number of sulfonamides is 1. The van der Waals surface area contributed by atoms with Gasteiger partial charge in [-0.25, -0.2) is 41.2 Å². The zero-order valence-electron chi connectivity index (χ0n) is 22.3. The number of nitrogens with two attached hydrogens (primary N) is 1. The van der Waals surface area contributed by atoms with Crippen molar-refractivity contribution in [3.63, 3.8) is 0 Å². The van der Waals surface area contributed by atoms with Crippen LogP contribution in [0.5, 0.6) is 0 Å². The summed E-state index contributed by atoms with van der Waals surface area (Å²) < 4.78 is 68.1. The zero-order chi connectivity index (χ0) is 30.5. The molecule has 3 aromatic carbocycles. The Kier molecular flexibility index (Phi) is 7.40. The zero-order valence-corrected chi connectivity index (χ0v) is 23.9. The second-order valence-corrected chi connectivity index (χ2v) is 12.7. The molecule has 1 aliphatic carbocycles. The normalized spacial score (nSPS) is 13.4. The third-order valence-electron chi connectivity index (χ3n) is 7.18. The number of thiazole rings is 1. The monoisotopic (exact) mass is 624 g/mol. The molecule has 3 N–H and O–H groups in total. The topological polar surface area (TPSA) is 128 Å². The van der Waals surface area contributed by atoms with Gasteiger partial charge in [-0.15, -0.1) is 11.3 Å². The van der Waals surface area contributed by atoms with E-state index in [0.717, 1.165) is 48.1 Å². The number of hydrogen-bond donors (Lipinski definition) is 2. The molecule has 0 aliphatic heterocycles. The average molecular weight is 625 g/mol. The Morgan fingerprint density at radius 3 is 2.35 bits per heavy atom. The predicted molar refractivity (Wildman–Crippen MR) is 154 cm³/mol. The highest BCUT2D eigenvalue weighted by Crippen LogP contribution is 2.39. The molecule has 220 valence electrons. The van der Waals surface area contributed by atoms with Crippen molar-refractivity contribution in [2.75, 3.05) is 0 Å². The van der Waals surface area contributed by atoms with Crippen molar-refractivity contribution in [2.24, 2.45) is 11.1 Å². The van der Waals surface area contributed by atoms with Crippen molar-refractivity contribution in [2.45, 2.75) is 30.6 Å². The summed E-state index contributed by atoms with van der Waals surface area (Å²) in [4.78, 5) is 15.2. The molecule has 2 heterocycles. The molecule has 8 nitrogen and oxygen atoms in total. The number of benzene rings is 3. The Morgan fingerprint density at radius 1 is 1.00 bits per heavy atom. The fourth-order valence-corrected chi connectivity index (χ4v) is 6.34. The molecule has 0 saturated heterocycles. The van der Waals surface area contributed by atoms with E-state index in [9.17, 15) is 31.5 Å². The molecule has 13 heteroatoms. The number of primary sulfonamides is 1. The van der Waals surface area contributed by atoms with E-state index in [0.29, 0.717) is 51.0 Å². The molecule has 0 spiro atoms. The van der Waals surface area contributed by atoms with Gasteiger partial charge in [0.25, 0.3) is 0 Å². The summed E-state index contributed by atoms with van der Waals surface area (Å²) in [5, 5.41) is 21.2. The largest absolute Gasteiger partial charge is 0.476 e. The molecule has 6 rings (SSSR count). The van der Waals surface area contributed by atoms with Crippen LogP contribution >= 0.6 is 11.3 Å². The van der Waals surface area contributed by atoms with Gasteiger partial charge >= 0.3 is 5.97 Å². The smallest absolute Gasteiger partial charge is 0.355 e. The van der Waals surface area contributed by atoms with E-state index in [2.05, 4.69) is 4.98 Å². The number of carboxylic acids is 1. The van der Waals surface area contributed by atoms with Gasteiger partial charge in [0.1, 0.15) is 22.3 Å². The third-order valence-corrected chi connectivity index (χ3v) is 8.94. The quantitative estimate of drug-likeness (QED) is 0.208. The van der Waals surface area contributed by atoms with E-state index in [4.69, 9.17) is 10.2 Å². The van der Waals surface area contributed by atoms with E-state index in [-0.39, 0.29) is 12.1 Å². The summed E-state index contributed by atoms with van der Waals surface area (Å²) in [6.07, 6.45) is 2.74. The van der Waals surface area contributed by atoms with Crippen LogP contribution in [0.1, 0.15) is 40.2 Å². The predicted octanol–water partition coefficient (Wildman–Crippen LogP) is 5.97. The number of hydrogen-bond acceptors (Lipinski definition) is 6. The van der Waals surface area contributed by atoms with E-state index in [1.165, 1.54) is 23.6 Å². The number of nitrogens with zero attached hydrogens (tertiary/aromatic N) is 3. The first-order valence-corrected chi connectivity index (χ1v) is 15.6. The van der Waals surface area contributed by atoms with E-state index in [1.807, 2.05) is 0 Å². The molecule has 1 aliphatic rings. The Hall–Kier alpha value is -4.33. The van der Waals surface area contributed by atoms with Crippen LogP contribution in [0.15, 0.2) is 70.9 Å². The summed E-state index contributed by atoms with van der Waals surface area (Å²) in [5.41, 5.74) is 3.72. The van der Waals surface area contributed by atoms with E-state index in [1.54, 1.807) is 28.9 Å². The molecule has 43 heavy (non-hydrogen) atoms. The number of aromatic nitrogens is 3. The SMILES string of the molecule is NS(=O)(=O)c1ccc(Cc2c(-c3cccc(-c4cc(F)cc(F)c4)c3)nn(-c3nc(C(=O)O)cs3)c2CC2CC2)cc1F. The minimum absolute atomic E-state index is 0.133. The van der Waals surface area contributed by atoms with Crippen LogP contribution in [0.3, 0.4) is 0 Å². The van der Waals surface area contributed by atoms with Crippen LogP contribution in [0.2, 0.25) is 0 Å². The minimum atomic E-state index is -4.26. The van der Waals surface area contributed by atoms with E-state index >= 15 is 0 Å². The molecule has 1 saturated carbocycles. The fourth-order valence-electron chi connectivity index (χ4n) is 4.98. The molecule has 0 bridgehead atoms. The van der Waals surface area contributed by atoms with Gasteiger partial charge in [0, 0.05) is 29.0 Å². The molecule has 1 fully saturated rings.